The van der Waals surface area contributed by atoms with Crippen LogP contribution in [0.15, 0.2) is 30.3 Å². The molecule has 76 valence electrons. The Kier molecular flexibility index (Phi) is 4.37. The number of carbonyl (C=O) groups excluding carboxylic acids is 1. The molecule has 0 aliphatic rings. The van der Waals surface area contributed by atoms with Gasteiger partial charge < -0.3 is 4.79 Å². The van der Waals surface area contributed by atoms with Gasteiger partial charge in [-0.3, -0.25) is 0 Å². The van der Waals surface area contributed by atoms with Crippen LogP contribution in [0.2, 0.25) is 0 Å². The molecule has 1 rings (SSSR count). The van der Waals surface area contributed by atoms with E-state index in [-0.39, 0.29) is 5.92 Å². The fourth-order valence-electron chi connectivity index (χ4n) is 1.57. The van der Waals surface area contributed by atoms with Crippen LogP contribution in [0.1, 0.15) is 38.2 Å². The lowest BCUT2D eigenvalue weighted by molar-refractivity contribution is -0.109. The molecule has 0 saturated heterocycles. The Bertz CT molecular complexity index is 266. The largest absolute Gasteiger partial charge is 0.303 e. The van der Waals surface area contributed by atoms with Crippen molar-refractivity contribution in [2.45, 2.75) is 32.6 Å². The summed E-state index contributed by atoms with van der Waals surface area (Å²) in [5.41, 5.74) is 1.14. The Balaban J connectivity index is 2.68. The number of carbonyl (C=O) groups is 1. The van der Waals surface area contributed by atoms with Gasteiger partial charge in [0.2, 0.25) is 0 Å². The molecule has 0 aliphatic carbocycles. The lowest BCUT2D eigenvalue weighted by atomic mass is 9.90. The van der Waals surface area contributed by atoms with Gasteiger partial charge in [0.1, 0.15) is 6.29 Å². The van der Waals surface area contributed by atoms with Crippen molar-refractivity contribution in [2.24, 2.45) is 5.92 Å². The molecular weight excluding hydrogens is 172 g/mol. The Morgan fingerprint density at radius 2 is 1.93 bits per heavy atom. The summed E-state index contributed by atoms with van der Waals surface area (Å²) in [7, 11) is 0. The van der Waals surface area contributed by atoms with Crippen LogP contribution < -0.4 is 0 Å². The van der Waals surface area contributed by atoms with Crippen LogP contribution in [-0.4, -0.2) is 6.29 Å². The summed E-state index contributed by atoms with van der Waals surface area (Å²) in [5.74, 6) is 0.691. The number of hydrogen-bond donors (Lipinski definition) is 0. The normalized spacial score (nSPS) is 14.7. The maximum atomic E-state index is 11.0. The lowest BCUT2D eigenvalue weighted by Gasteiger charge is -2.14. The molecule has 0 radical (unpaired) electrons. The average molecular weight is 190 g/mol. The van der Waals surface area contributed by atoms with Crippen molar-refractivity contribution >= 4 is 6.29 Å². The SMILES string of the molecule is CC[C@H](C)CC(C=O)c1ccccc1. The quantitative estimate of drug-likeness (QED) is 0.650. The van der Waals surface area contributed by atoms with Crippen LogP contribution in [0, 0.1) is 5.92 Å². The van der Waals surface area contributed by atoms with Crippen molar-refractivity contribution in [1.29, 1.82) is 0 Å². The Morgan fingerprint density at radius 1 is 1.29 bits per heavy atom. The molecule has 1 heteroatoms. The zero-order valence-electron chi connectivity index (χ0n) is 8.94. The second-order valence-corrected chi connectivity index (χ2v) is 3.90. The number of aldehydes is 1. The average Bonchev–Trinajstić information content (AvgIpc) is 2.26. The molecule has 1 nitrogen and oxygen atoms in total. The number of benzene rings is 1. The second-order valence-electron chi connectivity index (χ2n) is 3.90. The van der Waals surface area contributed by atoms with E-state index in [2.05, 4.69) is 13.8 Å². The standard InChI is InChI=1S/C13H18O/c1-3-11(2)9-13(10-14)12-7-5-4-6-8-12/h4-8,10-11,13H,3,9H2,1-2H3/t11-,13?/m0/s1. The van der Waals surface area contributed by atoms with Crippen LogP contribution in [0.4, 0.5) is 0 Å². The fourth-order valence-corrected chi connectivity index (χ4v) is 1.57. The smallest absolute Gasteiger partial charge is 0.127 e. The molecule has 14 heavy (non-hydrogen) atoms. The van der Waals surface area contributed by atoms with E-state index >= 15 is 0 Å². The van der Waals surface area contributed by atoms with E-state index in [9.17, 15) is 4.79 Å². The summed E-state index contributed by atoms with van der Waals surface area (Å²) in [4.78, 5) is 11.0. The van der Waals surface area contributed by atoms with Gasteiger partial charge >= 0.3 is 0 Å². The van der Waals surface area contributed by atoms with Gasteiger partial charge in [-0.1, -0.05) is 50.6 Å². The molecule has 0 bridgehead atoms. The monoisotopic (exact) mass is 190 g/mol. The van der Waals surface area contributed by atoms with Gasteiger partial charge in [-0.05, 0) is 17.9 Å². The predicted octanol–water partition coefficient (Wildman–Crippen LogP) is 3.41. The van der Waals surface area contributed by atoms with Gasteiger partial charge in [0, 0.05) is 5.92 Å². The highest BCUT2D eigenvalue weighted by molar-refractivity contribution is 5.61. The second kappa shape index (κ2) is 5.58. The Hall–Kier alpha value is -1.11. The van der Waals surface area contributed by atoms with Gasteiger partial charge in [-0.25, -0.2) is 0 Å². The minimum Gasteiger partial charge on any atom is -0.303 e. The third kappa shape index (κ3) is 2.99. The van der Waals surface area contributed by atoms with E-state index in [1.807, 2.05) is 30.3 Å². The summed E-state index contributed by atoms with van der Waals surface area (Å²) in [6, 6.07) is 10.0. The van der Waals surface area contributed by atoms with Gasteiger partial charge in [-0.2, -0.15) is 0 Å². The van der Waals surface area contributed by atoms with Crippen LogP contribution >= 0.6 is 0 Å². The van der Waals surface area contributed by atoms with E-state index in [4.69, 9.17) is 0 Å². The van der Waals surface area contributed by atoms with Crippen LogP contribution in [-0.2, 0) is 4.79 Å². The van der Waals surface area contributed by atoms with E-state index in [1.54, 1.807) is 0 Å². The third-order valence-corrected chi connectivity index (χ3v) is 2.75. The summed E-state index contributed by atoms with van der Waals surface area (Å²) in [5, 5.41) is 0. The maximum absolute atomic E-state index is 11.0. The van der Waals surface area contributed by atoms with Gasteiger partial charge in [-0.15, -0.1) is 0 Å². The van der Waals surface area contributed by atoms with Gasteiger partial charge in [0.05, 0.1) is 0 Å². The van der Waals surface area contributed by atoms with E-state index in [0.717, 1.165) is 24.7 Å². The minimum absolute atomic E-state index is 0.0751. The van der Waals surface area contributed by atoms with E-state index in [1.165, 1.54) is 0 Å². The molecule has 1 aromatic rings. The molecule has 0 aromatic heterocycles. The van der Waals surface area contributed by atoms with Gasteiger partial charge in [0.15, 0.2) is 0 Å². The van der Waals surface area contributed by atoms with Gasteiger partial charge in [0.25, 0.3) is 0 Å². The molecule has 1 aromatic carbocycles. The predicted molar refractivity (Wildman–Crippen MR) is 59.3 cm³/mol. The van der Waals surface area contributed by atoms with Crippen molar-refractivity contribution in [2.75, 3.05) is 0 Å². The van der Waals surface area contributed by atoms with Crippen LogP contribution in [0.3, 0.4) is 0 Å². The molecule has 2 atom stereocenters. The first-order valence-corrected chi connectivity index (χ1v) is 5.28. The topological polar surface area (TPSA) is 17.1 Å². The highest BCUT2D eigenvalue weighted by atomic mass is 16.1. The zero-order chi connectivity index (χ0) is 10.4. The Labute approximate surface area is 86.1 Å². The minimum atomic E-state index is 0.0751. The van der Waals surface area contributed by atoms with E-state index in [0.29, 0.717) is 5.92 Å². The molecule has 0 aliphatic heterocycles. The zero-order valence-corrected chi connectivity index (χ0v) is 8.94. The third-order valence-electron chi connectivity index (χ3n) is 2.75. The maximum Gasteiger partial charge on any atom is 0.127 e. The first-order valence-electron chi connectivity index (χ1n) is 5.28. The molecular formula is C13H18O. The molecule has 0 fully saturated rings. The van der Waals surface area contributed by atoms with Crippen molar-refractivity contribution in [3.8, 4) is 0 Å². The van der Waals surface area contributed by atoms with Crippen molar-refractivity contribution in [1.82, 2.24) is 0 Å². The molecule has 0 spiro atoms. The highest BCUT2D eigenvalue weighted by Crippen LogP contribution is 2.22. The molecule has 0 amide bonds. The van der Waals surface area contributed by atoms with Crippen molar-refractivity contribution in [3.63, 3.8) is 0 Å². The molecule has 0 saturated carbocycles. The number of rotatable bonds is 5. The summed E-state index contributed by atoms with van der Waals surface area (Å²) in [6.07, 6.45) is 3.17. The fraction of sp³-hybridized carbons (Fsp3) is 0.462. The summed E-state index contributed by atoms with van der Waals surface area (Å²) in [6.45, 7) is 4.36. The molecule has 0 heterocycles. The summed E-state index contributed by atoms with van der Waals surface area (Å²) < 4.78 is 0. The molecule has 1 unspecified atom stereocenters. The first-order chi connectivity index (χ1) is 6.77. The molecule has 0 N–H and O–H groups in total. The van der Waals surface area contributed by atoms with Crippen LogP contribution in [0.5, 0.6) is 0 Å². The van der Waals surface area contributed by atoms with Crippen molar-refractivity contribution < 1.29 is 4.79 Å². The van der Waals surface area contributed by atoms with Crippen LogP contribution in [0.25, 0.3) is 0 Å². The summed E-state index contributed by atoms with van der Waals surface area (Å²) >= 11 is 0. The lowest BCUT2D eigenvalue weighted by Crippen LogP contribution is -2.05. The Morgan fingerprint density at radius 3 is 2.43 bits per heavy atom. The first kappa shape index (κ1) is 11.0. The van der Waals surface area contributed by atoms with Crippen molar-refractivity contribution in [3.05, 3.63) is 35.9 Å². The van der Waals surface area contributed by atoms with E-state index < -0.39 is 0 Å². The highest BCUT2D eigenvalue weighted by Gasteiger charge is 2.12. The number of hydrogen-bond acceptors (Lipinski definition) is 1.